The Kier molecular flexibility index (Phi) is 4.08. The lowest BCUT2D eigenvalue weighted by atomic mass is 10.3. The molecule has 1 heterocycles. The number of halogens is 3. The minimum absolute atomic E-state index is 0.106. The van der Waals surface area contributed by atoms with Crippen molar-refractivity contribution >= 4 is 34.4 Å². The van der Waals surface area contributed by atoms with Gasteiger partial charge in [0.05, 0.1) is 0 Å². The van der Waals surface area contributed by atoms with E-state index < -0.39 is 12.0 Å². The van der Waals surface area contributed by atoms with Crippen molar-refractivity contribution in [2.75, 3.05) is 5.73 Å². The average molecular weight is 315 g/mol. The van der Waals surface area contributed by atoms with E-state index in [0.29, 0.717) is 10.1 Å². The molecule has 0 amide bonds. The number of nitrogen functional groups attached to an aromatic ring is 1. The molecule has 1 aromatic heterocycles. The molecule has 0 bridgehead atoms. The SMILES string of the molecule is CC(C)Sc1nc2ccccc2[n+](C(=N)C(F)(F)F)c1N. The number of thioether (sulfide) groups is 1. The Hall–Kier alpha value is -1.83. The molecule has 0 saturated carbocycles. The first kappa shape index (κ1) is 15.6. The molecule has 0 aliphatic heterocycles. The Morgan fingerprint density at radius 1 is 1.33 bits per heavy atom. The molecular formula is C13H14F3N4S+. The van der Waals surface area contributed by atoms with Gasteiger partial charge >= 0.3 is 12.0 Å². The molecule has 2 rings (SSSR count). The van der Waals surface area contributed by atoms with Gasteiger partial charge < -0.3 is 5.73 Å². The van der Waals surface area contributed by atoms with Gasteiger partial charge in [-0.05, 0) is 12.1 Å². The summed E-state index contributed by atoms with van der Waals surface area (Å²) in [6, 6.07) is 6.32. The van der Waals surface area contributed by atoms with Gasteiger partial charge in [0.15, 0.2) is 5.03 Å². The highest BCUT2D eigenvalue weighted by Gasteiger charge is 2.43. The van der Waals surface area contributed by atoms with E-state index >= 15 is 0 Å². The highest BCUT2D eigenvalue weighted by atomic mass is 32.2. The Morgan fingerprint density at radius 3 is 2.52 bits per heavy atom. The number of fused-ring (bicyclic) bond motifs is 1. The van der Waals surface area contributed by atoms with Gasteiger partial charge in [0, 0.05) is 5.25 Å². The van der Waals surface area contributed by atoms with E-state index in [1.54, 1.807) is 18.2 Å². The van der Waals surface area contributed by atoms with Crippen LogP contribution in [0.15, 0.2) is 29.3 Å². The number of nitrogens with zero attached hydrogens (tertiary/aromatic N) is 2. The lowest BCUT2D eigenvalue weighted by molar-refractivity contribution is -0.528. The van der Waals surface area contributed by atoms with Gasteiger partial charge in [-0.25, -0.2) is 4.98 Å². The number of para-hydroxylation sites is 2. The molecule has 2 aromatic rings. The van der Waals surface area contributed by atoms with Crippen LogP contribution in [-0.4, -0.2) is 22.2 Å². The smallest absolute Gasteiger partial charge is 0.316 e. The predicted octanol–water partition coefficient (Wildman–Crippen LogP) is 2.99. The van der Waals surface area contributed by atoms with Crippen molar-refractivity contribution in [3.05, 3.63) is 24.3 Å². The first-order valence-electron chi connectivity index (χ1n) is 6.15. The average Bonchev–Trinajstić information content (AvgIpc) is 2.37. The number of benzene rings is 1. The summed E-state index contributed by atoms with van der Waals surface area (Å²) in [6.45, 7) is 3.78. The van der Waals surface area contributed by atoms with Crippen molar-refractivity contribution in [2.45, 2.75) is 30.3 Å². The Balaban J connectivity index is 2.76. The number of alkyl halides is 3. The van der Waals surface area contributed by atoms with Gasteiger partial charge in [0.25, 0.3) is 5.82 Å². The van der Waals surface area contributed by atoms with Crippen molar-refractivity contribution in [2.24, 2.45) is 0 Å². The summed E-state index contributed by atoms with van der Waals surface area (Å²) in [5.74, 6) is -1.70. The topological polar surface area (TPSA) is 66.6 Å². The molecule has 0 spiro atoms. The molecule has 0 aliphatic rings. The van der Waals surface area contributed by atoms with E-state index in [0.717, 1.165) is 0 Å². The standard InChI is InChI=1S/C13H13F3N4S/c1-7(2)21-11-10(17)20(12(18)13(14,15)16)9-6-4-3-5-8(9)19-11/h3-7,17-18H,1-2H3/p+1. The molecule has 0 radical (unpaired) electrons. The number of aromatic nitrogens is 2. The first-order valence-corrected chi connectivity index (χ1v) is 7.03. The second-order valence-electron chi connectivity index (χ2n) is 4.64. The van der Waals surface area contributed by atoms with E-state index in [1.807, 2.05) is 13.8 Å². The monoisotopic (exact) mass is 315 g/mol. The van der Waals surface area contributed by atoms with Crippen LogP contribution in [0, 0.1) is 5.41 Å². The molecular weight excluding hydrogens is 301 g/mol. The largest absolute Gasteiger partial charge is 0.482 e. The third-order valence-corrected chi connectivity index (χ3v) is 3.64. The van der Waals surface area contributed by atoms with Gasteiger partial charge in [-0.1, -0.05) is 37.7 Å². The van der Waals surface area contributed by atoms with E-state index in [1.165, 1.54) is 17.8 Å². The van der Waals surface area contributed by atoms with Crippen molar-refractivity contribution in [1.29, 1.82) is 5.41 Å². The van der Waals surface area contributed by atoms with Gasteiger partial charge in [0.1, 0.15) is 11.0 Å². The molecule has 1 aromatic carbocycles. The molecule has 21 heavy (non-hydrogen) atoms. The zero-order chi connectivity index (χ0) is 15.8. The lowest BCUT2D eigenvalue weighted by Gasteiger charge is -2.13. The minimum Gasteiger partial charge on any atom is -0.316 e. The molecule has 8 heteroatoms. The minimum atomic E-state index is -4.79. The summed E-state index contributed by atoms with van der Waals surface area (Å²) in [5.41, 5.74) is 6.36. The molecule has 0 fully saturated rings. The van der Waals surface area contributed by atoms with Crippen LogP contribution >= 0.6 is 11.8 Å². The number of anilines is 1. The van der Waals surface area contributed by atoms with Crippen molar-refractivity contribution in [3.63, 3.8) is 0 Å². The van der Waals surface area contributed by atoms with Crippen LogP contribution in [0.3, 0.4) is 0 Å². The number of hydrogen-bond donors (Lipinski definition) is 2. The van der Waals surface area contributed by atoms with Crippen LogP contribution in [-0.2, 0) is 0 Å². The number of hydrogen-bond acceptors (Lipinski definition) is 4. The fourth-order valence-electron chi connectivity index (χ4n) is 1.82. The summed E-state index contributed by atoms with van der Waals surface area (Å²) in [7, 11) is 0. The highest BCUT2D eigenvalue weighted by molar-refractivity contribution is 7.99. The zero-order valence-electron chi connectivity index (χ0n) is 11.4. The van der Waals surface area contributed by atoms with Crippen LogP contribution in [0.2, 0.25) is 0 Å². The zero-order valence-corrected chi connectivity index (χ0v) is 12.2. The van der Waals surface area contributed by atoms with E-state index in [2.05, 4.69) is 4.98 Å². The van der Waals surface area contributed by atoms with E-state index in [9.17, 15) is 13.2 Å². The molecule has 0 atom stereocenters. The quantitative estimate of drug-likeness (QED) is 0.387. The van der Waals surface area contributed by atoms with E-state index in [4.69, 9.17) is 11.1 Å². The van der Waals surface area contributed by atoms with Crippen LogP contribution < -0.4 is 10.3 Å². The second-order valence-corrected chi connectivity index (χ2v) is 6.20. The van der Waals surface area contributed by atoms with Gasteiger partial charge in [-0.3, -0.25) is 0 Å². The van der Waals surface area contributed by atoms with Crippen molar-refractivity contribution in [1.82, 2.24) is 4.98 Å². The summed E-state index contributed by atoms with van der Waals surface area (Å²) >= 11 is 1.26. The Bertz CT molecular complexity index is 698. The van der Waals surface area contributed by atoms with Crippen LogP contribution in [0.5, 0.6) is 0 Å². The number of rotatable bonds is 2. The van der Waals surface area contributed by atoms with E-state index in [-0.39, 0.29) is 21.6 Å². The molecule has 3 N–H and O–H groups in total. The van der Waals surface area contributed by atoms with Crippen LogP contribution in [0.1, 0.15) is 13.8 Å². The van der Waals surface area contributed by atoms with Gasteiger partial charge in [0.2, 0.25) is 0 Å². The predicted molar refractivity (Wildman–Crippen MR) is 76.5 cm³/mol. The Morgan fingerprint density at radius 2 is 1.95 bits per heavy atom. The summed E-state index contributed by atoms with van der Waals surface area (Å²) < 4.78 is 39.4. The molecule has 0 saturated heterocycles. The van der Waals surface area contributed by atoms with Crippen LogP contribution in [0.4, 0.5) is 19.0 Å². The van der Waals surface area contributed by atoms with Crippen molar-refractivity contribution < 1.29 is 17.7 Å². The Labute approximate surface area is 123 Å². The normalized spacial score (nSPS) is 12.1. The second kappa shape index (κ2) is 5.51. The molecule has 0 aliphatic carbocycles. The maximum atomic E-state index is 12.9. The molecule has 112 valence electrons. The lowest BCUT2D eigenvalue weighted by Crippen LogP contribution is -2.53. The third kappa shape index (κ3) is 3.10. The summed E-state index contributed by atoms with van der Waals surface area (Å²) in [6.07, 6.45) is -4.79. The van der Waals surface area contributed by atoms with Gasteiger partial charge in [-0.2, -0.15) is 23.1 Å². The summed E-state index contributed by atoms with van der Waals surface area (Å²) in [5, 5.41) is 7.80. The van der Waals surface area contributed by atoms with Gasteiger partial charge in [-0.15, -0.1) is 0 Å². The highest BCUT2D eigenvalue weighted by Crippen LogP contribution is 2.27. The fraction of sp³-hybridized carbons (Fsp3) is 0.308. The number of nitrogens with one attached hydrogen (secondary N) is 1. The summed E-state index contributed by atoms with van der Waals surface area (Å²) in [4.78, 5) is 4.29. The molecule has 0 unspecified atom stereocenters. The first-order chi connectivity index (χ1) is 9.71. The van der Waals surface area contributed by atoms with Crippen LogP contribution in [0.25, 0.3) is 11.0 Å². The maximum Gasteiger partial charge on any atom is 0.482 e. The number of nitrogens with two attached hydrogens (primary N) is 1. The van der Waals surface area contributed by atoms with Crippen molar-refractivity contribution in [3.8, 4) is 0 Å². The molecule has 4 nitrogen and oxygen atoms in total. The fourth-order valence-corrected chi connectivity index (χ4v) is 2.63. The third-order valence-electron chi connectivity index (χ3n) is 2.64. The maximum absolute atomic E-state index is 12.9.